The zero-order chi connectivity index (χ0) is 45.6. The summed E-state index contributed by atoms with van der Waals surface area (Å²) in [5, 5.41) is 34.2. The number of anilines is 1. The highest BCUT2D eigenvalue weighted by Crippen LogP contribution is 2.61. The van der Waals surface area contributed by atoms with Gasteiger partial charge in [-0.3, -0.25) is 42.1 Å². The maximum atomic E-state index is 12.6. The van der Waals surface area contributed by atoms with Crippen molar-refractivity contribution in [3.05, 3.63) is 12.7 Å². The number of fused-ring (bicyclic) bond motifs is 1. The number of Topliss-reactive ketones (excluding diaryl/α,β-unsaturated/α-hetero) is 1. The molecule has 1 saturated heterocycles. The maximum absolute atomic E-state index is 12.6. The van der Waals surface area contributed by atoms with Crippen molar-refractivity contribution in [2.24, 2.45) is 5.41 Å². The van der Waals surface area contributed by atoms with E-state index in [-0.39, 0.29) is 53.8 Å². The minimum atomic E-state index is -5.56. The molecule has 0 aliphatic carbocycles. The molecule has 2 amide bonds. The summed E-state index contributed by atoms with van der Waals surface area (Å²) < 4.78 is 61.9. The zero-order valence-electron chi connectivity index (χ0n) is 32.5. The number of nitrogens with one attached hydrogen (secondary N) is 2. The van der Waals surface area contributed by atoms with Gasteiger partial charge >= 0.3 is 29.4 Å². The third kappa shape index (κ3) is 18.0. The SMILES string of the molecule is CC(=O)CC(=O)O.CCCC(=O)SCCNC(=O)CCNC(=O)[C@H](O)C(C)(C)COP(=O)(O)OP(=O)(O)OC[C@H]1O[C@@H](n2cnc3c(N)ncnc32)[C@H](O)[C@@H]1OP(=O)(O)O. The van der Waals surface area contributed by atoms with Gasteiger partial charge in [0.2, 0.25) is 11.8 Å². The fraction of sp³-hybridized carbons (Fsp3) is 0.655. The van der Waals surface area contributed by atoms with Crippen molar-refractivity contribution >= 4 is 80.9 Å². The fourth-order valence-corrected chi connectivity index (χ4v) is 8.39. The number of nitrogens with zero attached hydrogens (tertiary/aromatic N) is 4. The van der Waals surface area contributed by atoms with Gasteiger partial charge in [-0.2, -0.15) is 4.31 Å². The third-order valence-corrected chi connectivity index (χ3v) is 11.7. The zero-order valence-corrected chi connectivity index (χ0v) is 36.0. The van der Waals surface area contributed by atoms with Crippen molar-refractivity contribution in [3.8, 4) is 0 Å². The molecule has 1 aliphatic rings. The Bertz CT molecular complexity index is 1960. The van der Waals surface area contributed by atoms with Crippen LogP contribution in [-0.2, 0) is 60.3 Å². The lowest BCUT2D eigenvalue weighted by molar-refractivity contribution is -0.140. The second-order valence-corrected chi connectivity index (χ2v) is 18.7. The highest BCUT2D eigenvalue weighted by molar-refractivity contribution is 8.13. The van der Waals surface area contributed by atoms with Crippen LogP contribution >= 0.6 is 35.2 Å². The van der Waals surface area contributed by atoms with Gasteiger partial charge < -0.3 is 56.0 Å². The summed E-state index contributed by atoms with van der Waals surface area (Å²) in [6.07, 6.45) is -6.09. The van der Waals surface area contributed by atoms with Crippen molar-refractivity contribution < 1.29 is 95.2 Å². The number of thioether (sulfide) groups is 1. The maximum Gasteiger partial charge on any atom is 0.481 e. The molecule has 60 heavy (non-hydrogen) atoms. The number of carboxylic acids is 1. The molecule has 0 spiro atoms. The molecule has 2 unspecified atom stereocenters. The van der Waals surface area contributed by atoms with Gasteiger partial charge in [0.05, 0.1) is 19.5 Å². The van der Waals surface area contributed by atoms with Crippen LogP contribution in [0, 0.1) is 5.41 Å². The van der Waals surface area contributed by atoms with Crippen LogP contribution in [0.15, 0.2) is 12.7 Å². The summed E-state index contributed by atoms with van der Waals surface area (Å²) in [6.45, 7) is 3.66. The van der Waals surface area contributed by atoms with Crippen molar-refractivity contribution in [1.82, 2.24) is 30.2 Å². The molecule has 0 bridgehead atoms. The van der Waals surface area contributed by atoms with Crippen LogP contribution in [0.4, 0.5) is 5.82 Å². The summed E-state index contributed by atoms with van der Waals surface area (Å²) in [7, 11) is -16.4. The number of aliphatic hydroxyl groups excluding tert-OH is 2. The van der Waals surface area contributed by atoms with E-state index in [9.17, 15) is 67.5 Å². The van der Waals surface area contributed by atoms with Crippen LogP contribution in [0.2, 0.25) is 0 Å². The van der Waals surface area contributed by atoms with E-state index in [0.29, 0.717) is 12.2 Å². The summed E-state index contributed by atoms with van der Waals surface area (Å²) in [5.74, 6) is -2.43. The molecule has 1 aliphatic heterocycles. The first kappa shape index (κ1) is 52.8. The number of nitrogen functional groups attached to an aromatic ring is 1. The monoisotopic (exact) mass is 939 g/mol. The summed E-state index contributed by atoms with van der Waals surface area (Å²) in [5.41, 5.74) is 4.27. The van der Waals surface area contributed by atoms with E-state index in [4.69, 9.17) is 24.6 Å². The first-order valence-electron chi connectivity index (χ1n) is 17.4. The van der Waals surface area contributed by atoms with Crippen LogP contribution in [0.1, 0.15) is 59.6 Å². The van der Waals surface area contributed by atoms with E-state index < -0.39 is 90.5 Å². The fourth-order valence-electron chi connectivity index (χ4n) is 4.78. The van der Waals surface area contributed by atoms with E-state index in [1.807, 2.05) is 6.92 Å². The van der Waals surface area contributed by atoms with E-state index in [1.54, 1.807) is 0 Å². The molecule has 2 aromatic heterocycles. The first-order valence-corrected chi connectivity index (χ1v) is 22.9. The van der Waals surface area contributed by atoms with Gasteiger partial charge in [0, 0.05) is 37.1 Å². The topological polar surface area (TPSA) is 418 Å². The summed E-state index contributed by atoms with van der Waals surface area (Å²) in [6, 6.07) is 0. The number of imidazole rings is 1. The Labute approximate surface area is 345 Å². The second kappa shape index (κ2) is 23.2. The molecule has 2 aromatic rings. The Morgan fingerprint density at radius 3 is 2.25 bits per heavy atom. The minimum Gasteiger partial charge on any atom is -0.481 e. The van der Waals surface area contributed by atoms with Gasteiger partial charge in [-0.25, -0.2) is 28.6 Å². The van der Waals surface area contributed by atoms with Gasteiger partial charge in [-0.05, 0) is 13.3 Å². The second-order valence-electron chi connectivity index (χ2n) is 13.3. The number of phosphoric ester groups is 3. The quantitative estimate of drug-likeness (QED) is 0.0382. The van der Waals surface area contributed by atoms with Crippen molar-refractivity contribution in [2.75, 3.05) is 37.8 Å². The number of carbonyl (C=O) groups is 5. The normalized spacial score (nSPS) is 20.6. The molecule has 3 heterocycles. The Balaban J connectivity index is 0.00000162. The summed E-state index contributed by atoms with van der Waals surface area (Å²) >= 11 is 1.09. The number of rotatable bonds is 23. The van der Waals surface area contributed by atoms with Crippen molar-refractivity contribution in [2.45, 2.75) is 84.0 Å². The van der Waals surface area contributed by atoms with Crippen LogP contribution < -0.4 is 16.4 Å². The lowest BCUT2D eigenvalue weighted by Crippen LogP contribution is -2.46. The van der Waals surface area contributed by atoms with Gasteiger partial charge in [0.15, 0.2) is 22.8 Å². The number of nitrogens with two attached hydrogens (primary N) is 1. The molecular formula is C29H48N7O20P3S. The molecular weight excluding hydrogens is 891 g/mol. The van der Waals surface area contributed by atoms with Gasteiger partial charge in [-0.1, -0.05) is 32.5 Å². The molecule has 11 N–H and O–H groups in total. The number of aliphatic hydroxyl groups is 2. The number of ketones is 1. The molecule has 1 fully saturated rings. The Hall–Kier alpha value is -3.30. The van der Waals surface area contributed by atoms with E-state index >= 15 is 0 Å². The largest absolute Gasteiger partial charge is 0.481 e. The highest BCUT2D eigenvalue weighted by atomic mass is 32.2. The average molecular weight is 940 g/mol. The molecule has 340 valence electrons. The van der Waals surface area contributed by atoms with Gasteiger partial charge in [0.1, 0.15) is 48.5 Å². The number of ether oxygens (including phenoxy) is 1. The number of hydrogen-bond donors (Lipinski definition) is 10. The van der Waals surface area contributed by atoms with Crippen LogP contribution in [-0.4, -0.2) is 140 Å². The number of carboxylic acid groups (broad SMARTS) is 1. The molecule has 7 atom stereocenters. The highest BCUT2D eigenvalue weighted by Gasteiger charge is 2.50. The molecule has 27 nitrogen and oxygen atoms in total. The van der Waals surface area contributed by atoms with Crippen LogP contribution in [0.5, 0.6) is 0 Å². The lowest BCUT2D eigenvalue weighted by atomic mass is 9.87. The third-order valence-electron chi connectivity index (χ3n) is 7.62. The van der Waals surface area contributed by atoms with E-state index in [2.05, 4.69) is 34.4 Å². The van der Waals surface area contributed by atoms with Crippen LogP contribution in [0.3, 0.4) is 0 Å². The molecule has 0 radical (unpaired) electrons. The number of phosphoric acid groups is 3. The lowest BCUT2D eigenvalue weighted by Gasteiger charge is -2.30. The van der Waals surface area contributed by atoms with Crippen LogP contribution in [0.25, 0.3) is 11.2 Å². The Morgan fingerprint density at radius 1 is 1.02 bits per heavy atom. The van der Waals surface area contributed by atoms with Gasteiger partial charge in [0.25, 0.3) is 0 Å². The average Bonchev–Trinajstić information content (AvgIpc) is 3.68. The van der Waals surface area contributed by atoms with E-state index in [1.165, 1.54) is 20.8 Å². The number of amides is 2. The predicted octanol–water partition coefficient (Wildman–Crippen LogP) is -0.485. The van der Waals surface area contributed by atoms with Crippen molar-refractivity contribution in [3.63, 3.8) is 0 Å². The first-order chi connectivity index (χ1) is 27.7. The van der Waals surface area contributed by atoms with Gasteiger partial charge in [-0.15, -0.1) is 0 Å². The predicted molar refractivity (Wildman–Crippen MR) is 205 cm³/mol. The Kier molecular flexibility index (Phi) is 20.5. The number of carbonyl (C=O) groups excluding carboxylic acids is 4. The number of aromatic nitrogens is 4. The number of hydrogen-bond acceptors (Lipinski definition) is 20. The molecule has 3 rings (SSSR count). The summed E-state index contributed by atoms with van der Waals surface area (Å²) in [4.78, 5) is 106. The molecule has 0 saturated carbocycles. The smallest absolute Gasteiger partial charge is 0.481 e. The Morgan fingerprint density at radius 2 is 1.67 bits per heavy atom. The minimum absolute atomic E-state index is 0.0127. The molecule has 0 aromatic carbocycles. The van der Waals surface area contributed by atoms with E-state index in [0.717, 1.165) is 35.4 Å². The molecule has 31 heteroatoms. The standard InChI is InChI=1S/C25H42N7O17P3S.C4H6O3/c1-4-5-16(34)53-9-8-27-15(33)6-7-28-23(37)20(36)25(2,3)11-46-52(43,44)49-51(41,42)45-10-14-19(48-50(38,39)40)18(35)24(47-14)32-13-31-17-21(26)29-12-30-22(17)32;1-3(5)2-4(6)7/h12-14,18-20,24,35-36H,4-11H2,1-3H3,(H,27,33)(H,28,37)(H,41,42)(H,43,44)(H2,26,29,30)(H2,38,39,40);2H2,1H3,(H,6,7)/t14-,18-,19-,20+,24-;/m1./s1. The van der Waals surface area contributed by atoms with Crippen molar-refractivity contribution in [1.29, 1.82) is 0 Å². The number of aliphatic carboxylic acids is 1.